The van der Waals surface area contributed by atoms with Crippen molar-refractivity contribution in [1.82, 2.24) is 10.2 Å². The minimum Gasteiger partial charge on any atom is -0.410 e. The van der Waals surface area contributed by atoms with E-state index in [2.05, 4.69) is 46.7 Å². The highest BCUT2D eigenvalue weighted by Crippen LogP contribution is 2.24. The number of quaternary nitrogens is 1. The number of hydrogen-bond acceptors (Lipinski definition) is 4. The largest absolute Gasteiger partial charge is 0.410 e. The molecule has 1 aliphatic rings. The molecule has 100 valence electrons. The monoisotopic (exact) mass is 276 g/mol. The molecule has 0 radical (unpaired) electrons. The molecule has 1 aromatic carbocycles. The third-order valence-corrected chi connectivity index (χ3v) is 4.28. The van der Waals surface area contributed by atoms with Crippen LogP contribution in [0.25, 0.3) is 0 Å². The molecule has 0 saturated carbocycles. The van der Waals surface area contributed by atoms with E-state index in [9.17, 15) is 0 Å². The maximum absolute atomic E-state index is 5.72. The van der Waals surface area contributed by atoms with E-state index >= 15 is 0 Å². The summed E-state index contributed by atoms with van der Waals surface area (Å²) in [6.45, 7) is 3.26. The van der Waals surface area contributed by atoms with Gasteiger partial charge in [0.05, 0.1) is 6.54 Å². The van der Waals surface area contributed by atoms with Crippen molar-refractivity contribution in [3.63, 3.8) is 0 Å². The Hall–Kier alpha value is -1.33. The van der Waals surface area contributed by atoms with Crippen molar-refractivity contribution in [3.8, 4) is 0 Å². The van der Waals surface area contributed by atoms with E-state index in [0.29, 0.717) is 11.3 Å². The van der Waals surface area contributed by atoms with Crippen LogP contribution in [-0.2, 0) is 5.75 Å². The van der Waals surface area contributed by atoms with E-state index in [-0.39, 0.29) is 0 Å². The SMILES string of the molecule is Cc1ccc(CSc2nnc(C3CCC[NH2+]3)o2)cc1. The number of nitrogens with two attached hydrogens (primary N) is 1. The Labute approximate surface area is 117 Å². The Kier molecular flexibility index (Phi) is 3.84. The van der Waals surface area contributed by atoms with Crippen LogP contribution in [0.2, 0.25) is 0 Å². The van der Waals surface area contributed by atoms with Crippen LogP contribution in [0, 0.1) is 6.92 Å². The highest BCUT2D eigenvalue weighted by Gasteiger charge is 2.26. The van der Waals surface area contributed by atoms with Gasteiger partial charge in [-0.3, -0.25) is 0 Å². The molecule has 1 fully saturated rings. The average Bonchev–Trinajstić information content (AvgIpc) is 3.09. The molecule has 1 aliphatic heterocycles. The van der Waals surface area contributed by atoms with Crippen LogP contribution in [0.3, 0.4) is 0 Å². The molecular formula is C14H18N3OS+. The third-order valence-electron chi connectivity index (χ3n) is 3.39. The van der Waals surface area contributed by atoms with E-state index in [4.69, 9.17) is 4.42 Å². The van der Waals surface area contributed by atoms with Gasteiger partial charge in [-0.1, -0.05) is 41.6 Å². The first-order chi connectivity index (χ1) is 9.31. The molecule has 1 saturated heterocycles. The lowest BCUT2D eigenvalue weighted by molar-refractivity contribution is -0.678. The molecule has 2 N–H and O–H groups in total. The molecule has 0 spiro atoms. The van der Waals surface area contributed by atoms with Gasteiger partial charge < -0.3 is 9.73 Å². The van der Waals surface area contributed by atoms with Gasteiger partial charge in [-0.05, 0) is 12.5 Å². The van der Waals surface area contributed by atoms with E-state index in [0.717, 1.165) is 18.1 Å². The van der Waals surface area contributed by atoms with Crippen LogP contribution in [0.15, 0.2) is 33.9 Å². The number of rotatable bonds is 4. The number of benzene rings is 1. The molecule has 2 aromatic rings. The van der Waals surface area contributed by atoms with E-state index in [1.165, 1.54) is 24.1 Å². The number of hydrogen-bond donors (Lipinski definition) is 1. The Bertz CT molecular complexity index is 532. The Balaban J connectivity index is 1.59. The Morgan fingerprint density at radius 3 is 2.89 bits per heavy atom. The summed E-state index contributed by atoms with van der Waals surface area (Å²) in [5.74, 6) is 1.65. The summed E-state index contributed by atoms with van der Waals surface area (Å²) in [5, 5.41) is 11.2. The first-order valence-corrected chi connectivity index (χ1v) is 7.65. The minimum absolute atomic E-state index is 0.376. The fourth-order valence-corrected chi connectivity index (χ4v) is 2.98. The summed E-state index contributed by atoms with van der Waals surface area (Å²) in [7, 11) is 0. The van der Waals surface area contributed by atoms with Gasteiger partial charge in [0.15, 0.2) is 6.04 Å². The topological polar surface area (TPSA) is 55.5 Å². The molecule has 3 rings (SSSR count). The lowest BCUT2D eigenvalue weighted by Gasteiger charge is -2.00. The Morgan fingerprint density at radius 1 is 1.32 bits per heavy atom. The predicted molar refractivity (Wildman–Crippen MR) is 73.8 cm³/mol. The molecule has 1 unspecified atom stereocenters. The fraction of sp³-hybridized carbons (Fsp3) is 0.429. The van der Waals surface area contributed by atoms with Crippen molar-refractivity contribution in [2.75, 3.05) is 6.54 Å². The normalized spacial score (nSPS) is 18.9. The van der Waals surface area contributed by atoms with Crippen LogP contribution in [0.1, 0.15) is 35.9 Å². The fourth-order valence-electron chi connectivity index (χ4n) is 2.26. The zero-order chi connectivity index (χ0) is 13.1. The van der Waals surface area contributed by atoms with Crippen LogP contribution in [-0.4, -0.2) is 16.7 Å². The number of nitrogens with zero attached hydrogens (tertiary/aromatic N) is 2. The average molecular weight is 276 g/mol. The first-order valence-electron chi connectivity index (χ1n) is 6.66. The second-order valence-corrected chi connectivity index (χ2v) is 5.88. The van der Waals surface area contributed by atoms with E-state index in [1.807, 2.05) is 0 Å². The zero-order valence-electron chi connectivity index (χ0n) is 11.0. The van der Waals surface area contributed by atoms with Crippen molar-refractivity contribution >= 4 is 11.8 Å². The van der Waals surface area contributed by atoms with Gasteiger partial charge >= 0.3 is 0 Å². The molecule has 0 bridgehead atoms. The zero-order valence-corrected chi connectivity index (χ0v) is 11.8. The lowest BCUT2D eigenvalue weighted by Crippen LogP contribution is -2.81. The van der Waals surface area contributed by atoms with Crippen molar-refractivity contribution in [2.45, 2.75) is 36.8 Å². The van der Waals surface area contributed by atoms with Gasteiger partial charge in [0.1, 0.15) is 0 Å². The molecule has 19 heavy (non-hydrogen) atoms. The summed E-state index contributed by atoms with van der Waals surface area (Å²) in [6.07, 6.45) is 2.38. The van der Waals surface area contributed by atoms with Gasteiger partial charge in [-0.25, -0.2) is 0 Å². The van der Waals surface area contributed by atoms with Gasteiger partial charge in [-0.2, -0.15) is 0 Å². The summed E-state index contributed by atoms with van der Waals surface area (Å²) in [6, 6.07) is 8.92. The van der Waals surface area contributed by atoms with Gasteiger partial charge in [0.25, 0.3) is 11.1 Å². The van der Waals surface area contributed by atoms with E-state index < -0.39 is 0 Å². The molecule has 1 atom stereocenters. The van der Waals surface area contributed by atoms with Crippen molar-refractivity contribution in [1.29, 1.82) is 0 Å². The first kappa shape index (κ1) is 12.7. The summed E-state index contributed by atoms with van der Waals surface area (Å²) in [5.41, 5.74) is 2.56. The molecule has 1 aromatic heterocycles. The molecular weight excluding hydrogens is 258 g/mol. The highest BCUT2D eigenvalue weighted by atomic mass is 32.2. The number of thioether (sulfide) groups is 1. The third kappa shape index (κ3) is 3.16. The van der Waals surface area contributed by atoms with Crippen molar-refractivity contribution in [2.24, 2.45) is 0 Å². The maximum atomic E-state index is 5.72. The van der Waals surface area contributed by atoms with E-state index in [1.54, 1.807) is 11.8 Å². The molecule has 0 amide bonds. The molecule has 0 aliphatic carbocycles. The van der Waals surface area contributed by atoms with Crippen molar-refractivity contribution in [3.05, 3.63) is 41.3 Å². The number of aromatic nitrogens is 2. The summed E-state index contributed by atoms with van der Waals surface area (Å²) >= 11 is 1.60. The molecule has 5 heteroatoms. The standard InChI is InChI=1S/C14H17N3OS/c1-10-4-6-11(7-5-10)9-19-14-17-16-13(18-14)12-3-2-8-15-12/h4-7,12,15H,2-3,8-9H2,1H3/p+1. The lowest BCUT2D eigenvalue weighted by atomic mass is 10.2. The predicted octanol–water partition coefficient (Wildman–Crippen LogP) is 2.07. The maximum Gasteiger partial charge on any atom is 0.277 e. The minimum atomic E-state index is 0.376. The van der Waals surface area contributed by atoms with Gasteiger partial charge in [0, 0.05) is 18.6 Å². The van der Waals surface area contributed by atoms with Crippen LogP contribution in [0.4, 0.5) is 0 Å². The number of aryl methyl sites for hydroxylation is 1. The van der Waals surface area contributed by atoms with Crippen LogP contribution >= 0.6 is 11.8 Å². The quantitative estimate of drug-likeness (QED) is 0.869. The molecule has 2 heterocycles. The van der Waals surface area contributed by atoms with Crippen molar-refractivity contribution < 1.29 is 9.73 Å². The smallest absolute Gasteiger partial charge is 0.277 e. The highest BCUT2D eigenvalue weighted by molar-refractivity contribution is 7.98. The molecule has 4 nitrogen and oxygen atoms in total. The summed E-state index contributed by atoms with van der Waals surface area (Å²) in [4.78, 5) is 0. The Morgan fingerprint density at radius 2 is 2.16 bits per heavy atom. The van der Waals surface area contributed by atoms with Gasteiger partial charge in [-0.15, -0.1) is 10.2 Å². The summed E-state index contributed by atoms with van der Waals surface area (Å²) < 4.78 is 5.72. The van der Waals surface area contributed by atoms with Gasteiger partial charge in [0.2, 0.25) is 0 Å². The van der Waals surface area contributed by atoms with Crippen LogP contribution in [0.5, 0.6) is 0 Å². The van der Waals surface area contributed by atoms with Crippen LogP contribution < -0.4 is 5.32 Å². The second-order valence-electron chi connectivity index (χ2n) is 4.95. The second kappa shape index (κ2) is 5.75.